The molecular formula is C16H19ClN4O2S. The minimum atomic E-state index is -0.0246. The van der Waals surface area contributed by atoms with Crippen LogP contribution in [0, 0.1) is 6.92 Å². The molecular weight excluding hydrogens is 348 g/mol. The molecule has 0 unspecified atom stereocenters. The van der Waals surface area contributed by atoms with Crippen LogP contribution in [0.25, 0.3) is 0 Å². The molecule has 1 heterocycles. The van der Waals surface area contributed by atoms with Gasteiger partial charge in [0.2, 0.25) is 5.91 Å². The van der Waals surface area contributed by atoms with E-state index in [9.17, 15) is 4.79 Å². The molecule has 2 rings (SSSR count). The highest BCUT2D eigenvalue weighted by molar-refractivity contribution is 7.99. The van der Waals surface area contributed by atoms with E-state index in [4.69, 9.17) is 22.1 Å². The number of aromatic nitrogens is 2. The number of hydrogen-bond acceptors (Lipinski definition) is 6. The number of benzene rings is 1. The number of likely N-dealkylation sites (N-methyl/N-ethyl adjacent to an activating group) is 1. The normalized spacial score (nSPS) is 10.5. The van der Waals surface area contributed by atoms with Crippen LogP contribution in [0.4, 0.5) is 5.82 Å². The summed E-state index contributed by atoms with van der Waals surface area (Å²) in [6.45, 7) is 2.73. The largest absolute Gasteiger partial charge is 0.492 e. The van der Waals surface area contributed by atoms with Crippen molar-refractivity contribution in [2.75, 3.05) is 31.7 Å². The molecule has 2 N–H and O–H groups in total. The fourth-order valence-electron chi connectivity index (χ4n) is 1.82. The van der Waals surface area contributed by atoms with Gasteiger partial charge in [-0.25, -0.2) is 9.97 Å². The first-order valence-corrected chi connectivity index (χ1v) is 8.66. The van der Waals surface area contributed by atoms with Crippen LogP contribution in [0.1, 0.15) is 5.69 Å². The molecule has 0 atom stereocenters. The molecule has 0 fully saturated rings. The van der Waals surface area contributed by atoms with Crippen LogP contribution in [0.3, 0.4) is 0 Å². The summed E-state index contributed by atoms with van der Waals surface area (Å²) >= 11 is 7.08. The van der Waals surface area contributed by atoms with E-state index in [1.165, 1.54) is 11.8 Å². The van der Waals surface area contributed by atoms with Crippen LogP contribution in [-0.4, -0.2) is 46.7 Å². The zero-order chi connectivity index (χ0) is 17.5. The number of amides is 1. The van der Waals surface area contributed by atoms with Gasteiger partial charge >= 0.3 is 0 Å². The van der Waals surface area contributed by atoms with E-state index in [0.29, 0.717) is 29.1 Å². The van der Waals surface area contributed by atoms with E-state index in [2.05, 4.69) is 9.97 Å². The average molecular weight is 367 g/mol. The summed E-state index contributed by atoms with van der Waals surface area (Å²) in [5.41, 5.74) is 6.45. The third kappa shape index (κ3) is 5.90. The SMILES string of the molecule is Cc1cc(N)nc(SCC(=O)N(C)CCOc2ccc(Cl)cc2)n1. The average Bonchev–Trinajstić information content (AvgIpc) is 2.53. The number of rotatable bonds is 7. The summed E-state index contributed by atoms with van der Waals surface area (Å²) in [7, 11) is 1.74. The van der Waals surface area contributed by atoms with Gasteiger partial charge in [0.1, 0.15) is 18.2 Å². The van der Waals surface area contributed by atoms with Crippen LogP contribution >= 0.6 is 23.4 Å². The molecule has 24 heavy (non-hydrogen) atoms. The number of halogens is 1. The van der Waals surface area contributed by atoms with Crippen molar-refractivity contribution >= 4 is 35.1 Å². The van der Waals surface area contributed by atoms with Crippen molar-refractivity contribution in [3.63, 3.8) is 0 Å². The molecule has 1 amide bonds. The first kappa shape index (κ1) is 18.4. The number of carbonyl (C=O) groups is 1. The lowest BCUT2D eigenvalue weighted by Gasteiger charge is -2.17. The monoisotopic (exact) mass is 366 g/mol. The third-order valence-corrected chi connectivity index (χ3v) is 4.20. The number of thioether (sulfide) groups is 1. The molecule has 6 nitrogen and oxygen atoms in total. The first-order chi connectivity index (χ1) is 11.4. The molecule has 0 spiro atoms. The van der Waals surface area contributed by atoms with Crippen LogP contribution < -0.4 is 10.5 Å². The number of anilines is 1. The molecule has 0 saturated heterocycles. The summed E-state index contributed by atoms with van der Waals surface area (Å²) in [5, 5.41) is 1.16. The molecule has 0 aliphatic rings. The van der Waals surface area contributed by atoms with Gasteiger partial charge in [0.15, 0.2) is 5.16 Å². The topological polar surface area (TPSA) is 81.3 Å². The highest BCUT2D eigenvalue weighted by Crippen LogP contribution is 2.16. The van der Waals surface area contributed by atoms with Gasteiger partial charge in [-0.15, -0.1) is 0 Å². The minimum Gasteiger partial charge on any atom is -0.492 e. The van der Waals surface area contributed by atoms with Crippen LogP contribution in [0.15, 0.2) is 35.5 Å². The van der Waals surface area contributed by atoms with Crippen LogP contribution in [-0.2, 0) is 4.79 Å². The highest BCUT2D eigenvalue weighted by Gasteiger charge is 2.11. The van der Waals surface area contributed by atoms with Crippen molar-refractivity contribution in [3.05, 3.63) is 41.0 Å². The Kier molecular flexibility index (Phi) is 6.69. The minimum absolute atomic E-state index is 0.0246. The number of nitrogens with two attached hydrogens (primary N) is 1. The second kappa shape index (κ2) is 8.75. The lowest BCUT2D eigenvalue weighted by molar-refractivity contribution is -0.127. The van der Waals surface area contributed by atoms with Gasteiger partial charge in [0, 0.05) is 23.8 Å². The fraction of sp³-hybridized carbons (Fsp3) is 0.312. The predicted octanol–water partition coefficient (Wildman–Crippen LogP) is 2.65. The van der Waals surface area contributed by atoms with Crippen molar-refractivity contribution in [1.82, 2.24) is 14.9 Å². The van der Waals surface area contributed by atoms with Gasteiger partial charge < -0.3 is 15.4 Å². The Morgan fingerprint density at radius 3 is 2.71 bits per heavy atom. The molecule has 0 aliphatic heterocycles. The Morgan fingerprint density at radius 2 is 2.04 bits per heavy atom. The number of nitrogen functional groups attached to an aromatic ring is 1. The maximum atomic E-state index is 12.1. The quantitative estimate of drug-likeness (QED) is 0.599. The second-order valence-corrected chi connectivity index (χ2v) is 6.50. The zero-order valence-corrected chi connectivity index (χ0v) is 15.1. The van der Waals surface area contributed by atoms with Gasteiger partial charge in [-0.3, -0.25) is 4.79 Å². The Morgan fingerprint density at radius 1 is 1.33 bits per heavy atom. The lowest BCUT2D eigenvalue weighted by Crippen LogP contribution is -2.32. The van der Waals surface area contributed by atoms with E-state index in [1.807, 2.05) is 6.92 Å². The standard InChI is InChI=1S/C16H19ClN4O2S/c1-11-9-14(18)20-16(19-11)24-10-15(22)21(2)7-8-23-13-5-3-12(17)4-6-13/h3-6,9H,7-8,10H2,1-2H3,(H2,18,19,20). The maximum Gasteiger partial charge on any atom is 0.232 e. The molecule has 0 bridgehead atoms. The van der Waals surface area contributed by atoms with Crippen LogP contribution in [0.2, 0.25) is 5.02 Å². The van der Waals surface area contributed by atoms with E-state index in [1.54, 1.807) is 42.3 Å². The first-order valence-electron chi connectivity index (χ1n) is 7.30. The van der Waals surface area contributed by atoms with Gasteiger partial charge in [-0.2, -0.15) is 0 Å². The van der Waals surface area contributed by atoms with Gasteiger partial charge in [0.05, 0.1) is 12.3 Å². The van der Waals surface area contributed by atoms with Crippen molar-refractivity contribution in [2.24, 2.45) is 0 Å². The van der Waals surface area contributed by atoms with Crippen molar-refractivity contribution in [2.45, 2.75) is 12.1 Å². The summed E-state index contributed by atoms with van der Waals surface area (Å²) in [6.07, 6.45) is 0. The molecule has 1 aromatic carbocycles. The van der Waals surface area contributed by atoms with Gasteiger partial charge in [0.25, 0.3) is 0 Å². The van der Waals surface area contributed by atoms with Gasteiger partial charge in [-0.1, -0.05) is 23.4 Å². The summed E-state index contributed by atoms with van der Waals surface area (Å²) in [6, 6.07) is 8.79. The molecule has 128 valence electrons. The molecule has 0 saturated carbocycles. The molecule has 2 aromatic rings. The number of ether oxygens (including phenoxy) is 1. The number of aryl methyl sites for hydroxylation is 1. The Bertz CT molecular complexity index is 677. The van der Waals surface area contributed by atoms with E-state index in [-0.39, 0.29) is 11.7 Å². The summed E-state index contributed by atoms with van der Waals surface area (Å²) in [5.74, 6) is 1.35. The smallest absolute Gasteiger partial charge is 0.232 e. The third-order valence-electron chi connectivity index (χ3n) is 3.11. The molecule has 0 radical (unpaired) electrons. The van der Waals surface area contributed by atoms with Crippen molar-refractivity contribution in [1.29, 1.82) is 0 Å². The summed E-state index contributed by atoms with van der Waals surface area (Å²) in [4.78, 5) is 22.1. The lowest BCUT2D eigenvalue weighted by atomic mass is 10.3. The number of carbonyl (C=O) groups excluding carboxylic acids is 1. The van der Waals surface area contributed by atoms with E-state index >= 15 is 0 Å². The molecule has 1 aromatic heterocycles. The molecule has 0 aliphatic carbocycles. The van der Waals surface area contributed by atoms with Gasteiger partial charge in [-0.05, 0) is 31.2 Å². The van der Waals surface area contributed by atoms with E-state index < -0.39 is 0 Å². The van der Waals surface area contributed by atoms with Crippen molar-refractivity contribution in [3.8, 4) is 5.75 Å². The Hall–Kier alpha value is -1.99. The van der Waals surface area contributed by atoms with E-state index in [0.717, 1.165) is 11.4 Å². The summed E-state index contributed by atoms with van der Waals surface area (Å²) < 4.78 is 5.58. The highest BCUT2D eigenvalue weighted by atomic mass is 35.5. The van der Waals surface area contributed by atoms with Crippen molar-refractivity contribution < 1.29 is 9.53 Å². The van der Waals surface area contributed by atoms with Crippen LogP contribution in [0.5, 0.6) is 5.75 Å². The number of nitrogens with zero attached hydrogens (tertiary/aromatic N) is 3. The Balaban J connectivity index is 1.74. The Labute approximate surface area is 150 Å². The zero-order valence-electron chi connectivity index (χ0n) is 13.5. The second-order valence-electron chi connectivity index (χ2n) is 5.12. The fourth-order valence-corrected chi connectivity index (χ4v) is 2.80. The molecule has 8 heteroatoms. The predicted molar refractivity (Wildman–Crippen MR) is 96.5 cm³/mol. The maximum absolute atomic E-state index is 12.1. The number of hydrogen-bond donors (Lipinski definition) is 1.